The second kappa shape index (κ2) is 4.19. The maximum absolute atomic E-state index is 11.6. The number of rotatable bonds is 4. The number of fused-ring (bicyclic) bond motifs is 1. The SMILES string of the molecule is C=CCNCC1=C2C(=O)NC(=N)N=C2N=C1. The number of guanidine groups is 1. The number of hydrogen-bond acceptors (Lipinski definition) is 4. The summed E-state index contributed by atoms with van der Waals surface area (Å²) in [5.41, 5.74) is 1.23. The van der Waals surface area contributed by atoms with Crippen LogP contribution < -0.4 is 10.6 Å². The van der Waals surface area contributed by atoms with E-state index in [4.69, 9.17) is 5.41 Å². The summed E-state index contributed by atoms with van der Waals surface area (Å²) in [6.07, 6.45) is 3.34. The van der Waals surface area contributed by atoms with E-state index in [0.717, 1.165) is 5.57 Å². The molecular weight excluding hydrogens is 206 g/mol. The number of carbonyl (C=O) groups excluding carboxylic acids is 1. The van der Waals surface area contributed by atoms with E-state index in [9.17, 15) is 4.79 Å². The molecule has 2 heterocycles. The normalized spacial score (nSPS) is 18.4. The first-order valence-electron chi connectivity index (χ1n) is 4.80. The fourth-order valence-corrected chi connectivity index (χ4v) is 1.49. The molecule has 0 aromatic heterocycles. The Hall–Kier alpha value is -2.08. The van der Waals surface area contributed by atoms with E-state index in [2.05, 4.69) is 27.2 Å². The number of nitrogens with one attached hydrogen (secondary N) is 3. The lowest BCUT2D eigenvalue weighted by molar-refractivity contribution is -0.115. The standard InChI is InChI=1S/C10H11N5O/c1-2-3-12-4-6-5-13-8-7(6)9(16)15-10(11)14-8/h2,5,12H,1,3-4H2,(H2,11,15,16). The van der Waals surface area contributed by atoms with Gasteiger partial charge < -0.3 is 5.32 Å². The van der Waals surface area contributed by atoms with Crippen molar-refractivity contribution in [3.8, 4) is 0 Å². The van der Waals surface area contributed by atoms with E-state index in [1.54, 1.807) is 12.3 Å². The molecule has 0 saturated heterocycles. The van der Waals surface area contributed by atoms with Gasteiger partial charge >= 0.3 is 0 Å². The molecule has 3 N–H and O–H groups in total. The maximum Gasteiger partial charge on any atom is 0.262 e. The van der Waals surface area contributed by atoms with Gasteiger partial charge in [-0.1, -0.05) is 6.08 Å². The van der Waals surface area contributed by atoms with Crippen molar-refractivity contribution in [1.82, 2.24) is 10.6 Å². The fraction of sp³-hybridized carbons (Fsp3) is 0.200. The predicted octanol–water partition coefficient (Wildman–Crippen LogP) is -0.394. The molecule has 1 amide bonds. The minimum absolute atomic E-state index is 0.166. The molecule has 2 rings (SSSR count). The van der Waals surface area contributed by atoms with Gasteiger partial charge in [-0.25, -0.2) is 4.99 Å². The fourth-order valence-electron chi connectivity index (χ4n) is 1.49. The van der Waals surface area contributed by atoms with Crippen LogP contribution in [-0.4, -0.2) is 37.0 Å². The minimum atomic E-state index is -0.317. The molecule has 16 heavy (non-hydrogen) atoms. The highest BCUT2D eigenvalue weighted by atomic mass is 16.2. The smallest absolute Gasteiger partial charge is 0.262 e. The average molecular weight is 217 g/mol. The number of aliphatic imine (C=N–C) groups is 2. The number of hydrogen-bond donors (Lipinski definition) is 3. The van der Waals surface area contributed by atoms with E-state index in [-0.39, 0.29) is 11.9 Å². The van der Waals surface area contributed by atoms with Crippen LogP contribution in [0.15, 0.2) is 33.8 Å². The molecule has 0 aromatic rings. The van der Waals surface area contributed by atoms with Gasteiger partial charge in [-0.05, 0) is 0 Å². The highest BCUT2D eigenvalue weighted by molar-refractivity contribution is 6.35. The molecule has 0 aliphatic carbocycles. The zero-order chi connectivity index (χ0) is 11.5. The molecule has 0 radical (unpaired) electrons. The molecule has 0 bridgehead atoms. The van der Waals surface area contributed by atoms with Crippen molar-refractivity contribution >= 4 is 23.9 Å². The van der Waals surface area contributed by atoms with E-state index in [1.165, 1.54) is 0 Å². The highest BCUT2D eigenvalue weighted by Crippen LogP contribution is 2.15. The zero-order valence-electron chi connectivity index (χ0n) is 8.58. The Bertz CT molecular complexity index is 458. The Kier molecular flexibility index (Phi) is 2.74. The van der Waals surface area contributed by atoms with Crippen LogP contribution in [0.5, 0.6) is 0 Å². The third-order valence-corrected chi connectivity index (χ3v) is 2.17. The molecule has 0 aromatic carbocycles. The molecule has 0 atom stereocenters. The van der Waals surface area contributed by atoms with Crippen LogP contribution in [0.3, 0.4) is 0 Å². The van der Waals surface area contributed by atoms with Gasteiger partial charge in [-0.2, -0.15) is 4.99 Å². The number of nitrogens with zero attached hydrogens (tertiary/aromatic N) is 2. The van der Waals surface area contributed by atoms with Crippen LogP contribution in [0.4, 0.5) is 0 Å². The molecular formula is C10H11N5O. The number of amidine groups is 1. The molecule has 0 unspecified atom stereocenters. The summed E-state index contributed by atoms with van der Waals surface area (Å²) in [4.78, 5) is 19.5. The van der Waals surface area contributed by atoms with Crippen LogP contribution >= 0.6 is 0 Å². The lowest BCUT2D eigenvalue weighted by Crippen LogP contribution is -2.37. The lowest BCUT2D eigenvalue weighted by atomic mass is 10.1. The van der Waals surface area contributed by atoms with Gasteiger partial charge in [0, 0.05) is 24.9 Å². The molecule has 2 aliphatic heterocycles. The van der Waals surface area contributed by atoms with Crippen LogP contribution in [0, 0.1) is 5.41 Å². The summed E-state index contributed by atoms with van der Waals surface area (Å²) in [6, 6.07) is 0. The van der Waals surface area contributed by atoms with E-state index < -0.39 is 0 Å². The third-order valence-electron chi connectivity index (χ3n) is 2.17. The largest absolute Gasteiger partial charge is 0.309 e. The van der Waals surface area contributed by atoms with Gasteiger partial charge in [-0.3, -0.25) is 15.5 Å². The van der Waals surface area contributed by atoms with Crippen molar-refractivity contribution in [2.24, 2.45) is 9.98 Å². The quantitative estimate of drug-likeness (QED) is 0.442. The van der Waals surface area contributed by atoms with Crippen molar-refractivity contribution in [2.45, 2.75) is 0 Å². The van der Waals surface area contributed by atoms with Crippen molar-refractivity contribution in [3.63, 3.8) is 0 Å². The summed E-state index contributed by atoms with van der Waals surface area (Å²) in [5.74, 6) is -0.159. The Balaban J connectivity index is 2.22. The van der Waals surface area contributed by atoms with Crippen molar-refractivity contribution in [1.29, 1.82) is 5.41 Å². The molecule has 2 aliphatic rings. The maximum atomic E-state index is 11.6. The van der Waals surface area contributed by atoms with Crippen molar-refractivity contribution < 1.29 is 4.79 Å². The summed E-state index contributed by atoms with van der Waals surface area (Å²) in [7, 11) is 0. The van der Waals surface area contributed by atoms with Gasteiger partial charge in [0.2, 0.25) is 5.96 Å². The first-order chi connectivity index (χ1) is 7.72. The van der Waals surface area contributed by atoms with Gasteiger partial charge in [-0.15, -0.1) is 6.58 Å². The molecule has 0 fully saturated rings. The Morgan fingerprint density at radius 3 is 3.19 bits per heavy atom. The number of carbonyl (C=O) groups is 1. The predicted molar refractivity (Wildman–Crippen MR) is 61.9 cm³/mol. The molecule has 6 heteroatoms. The Morgan fingerprint density at radius 1 is 1.62 bits per heavy atom. The third kappa shape index (κ3) is 1.82. The second-order valence-electron chi connectivity index (χ2n) is 3.32. The summed E-state index contributed by atoms with van der Waals surface area (Å²) in [5, 5.41) is 12.7. The van der Waals surface area contributed by atoms with E-state index >= 15 is 0 Å². The molecule has 6 nitrogen and oxygen atoms in total. The summed E-state index contributed by atoms with van der Waals surface area (Å²) >= 11 is 0. The molecule has 0 saturated carbocycles. The van der Waals surface area contributed by atoms with Crippen LogP contribution in [0.1, 0.15) is 0 Å². The average Bonchev–Trinajstić information content (AvgIpc) is 2.62. The van der Waals surface area contributed by atoms with E-state index in [1.807, 2.05) is 0 Å². The van der Waals surface area contributed by atoms with Gasteiger partial charge in [0.25, 0.3) is 5.91 Å². The van der Waals surface area contributed by atoms with Gasteiger partial charge in [0.05, 0.1) is 5.57 Å². The summed E-state index contributed by atoms with van der Waals surface area (Å²) in [6.45, 7) is 4.78. The van der Waals surface area contributed by atoms with Crippen LogP contribution in [0.2, 0.25) is 0 Å². The monoisotopic (exact) mass is 217 g/mol. The minimum Gasteiger partial charge on any atom is -0.309 e. The highest BCUT2D eigenvalue weighted by Gasteiger charge is 2.28. The van der Waals surface area contributed by atoms with Gasteiger partial charge in [0.1, 0.15) is 0 Å². The first-order valence-corrected chi connectivity index (χ1v) is 4.80. The van der Waals surface area contributed by atoms with E-state index in [0.29, 0.717) is 24.5 Å². The van der Waals surface area contributed by atoms with Crippen LogP contribution in [-0.2, 0) is 4.79 Å². The van der Waals surface area contributed by atoms with Crippen molar-refractivity contribution in [3.05, 3.63) is 23.8 Å². The number of amides is 1. The molecule has 0 spiro atoms. The van der Waals surface area contributed by atoms with Crippen molar-refractivity contribution in [2.75, 3.05) is 13.1 Å². The Labute approximate surface area is 92.4 Å². The molecule has 82 valence electrons. The lowest BCUT2D eigenvalue weighted by Gasteiger charge is -2.12. The van der Waals surface area contributed by atoms with Gasteiger partial charge in [0.15, 0.2) is 5.84 Å². The zero-order valence-corrected chi connectivity index (χ0v) is 8.58. The second-order valence-corrected chi connectivity index (χ2v) is 3.32. The Morgan fingerprint density at radius 2 is 2.44 bits per heavy atom. The summed E-state index contributed by atoms with van der Waals surface area (Å²) < 4.78 is 0. The first kappa shape index (κ1) is 10.4. The van der Waals surface area contributed by atoms with Crippen LogP contribution in [0.25, 0.3) is 0 Å². The topological polar surface area (TPSA) is 89.7 Å².